The van der Waals surface area contributed by atoms with Crippen LogP contribution in [0.5, 0.6) is 0 Å². The molecule has 0 unspecified atom stereocenters. The third-order valence-electron chi connectivity index (χ3n) is 7.92. The number of fused-ring (bicyclic) bond motifs is 2. The molecule has 6 heteroatoms. The van der Waals surface area contributed by atoms with Crippen LogP contribution >= 0.6 is 0 Å². The zero-order valence-electron chi connectivity index (χ0n) is 22.6. The van der Waals surface area contributed by atoms with Gasteiger partial charge in [0.25, 0.3) is 0 Å². The molecular weight excluding hydrogens is 488 g/mol. The van der Waals surface area contributed by atoms with Gasteiger partial charge >= 0.3 is 0 Å². The summed E-state index contributed by atoms with van der Waals surface area (Å²) in [6, 6.07) is 24.0. The van der Waals surface area contributed by atoms with Crippen molar-refractivity contribution in [3.8, 4) is 0 Å². The number of hydrogen-bond donors (Lipinski definition) is 1. The molecule has 0 aliphatic carbocycles. The molecule has 3 aromatic carbocycles. The Bertz CT molecular complexity index is 1350. The standard InChI is InChI=1S/C33H36N2O4/c1-23(8-7-13-31(37)34-21-27-11-4-3-10-26(27)20-29(34)22-36)33(39-2)25-14-17-28(18-15-25)35-30-12-6-5-9-24(30)16-19-32(35)38/h3-12,14-15,17-18,23,29,33,36H,13,16,19-22H2,1-2H3/b8-7+/t23-,29-,33+/m0/s1. The Morgan fingerprint density at radius 1 is 1.00 bits per heavy atom. The van der Waals surface area contributed by atoms with Crippen molar-refractivity contribution in [2.24, 2.45) is 5.92 Å². The van der Waals surface area contributed by atoms with E-state index in [1.807, 2.05) is 66.7 Å². The van der Waals surface area contributed by atoms with E-state index in [0.717, 1.165) is 28.9 Å². The van der Waals surface area contributed by atoms with Gasteiger partial charge in [-0.15, -0.1) is 0 Å². The lowest BCUT2D eigenvalue weighted by Crippen LogP contribution is -2.46. The molecule has 0 saturated carbocycles. The van der Waals surface area contributed by atoms with Crippen molar-refractivity contribution >= 4 is 23.2 Å². The van der Waals surface area contributed by atoms with Gasteiger partial charge in [0, 0.05) is 38.1 Å². The van der Waals surface area contributed by atoms with Gasteiger partial charge in [0.15, 0.2) is 0 Å². The molecule has 2 heterocycles. The molecule has 0 spiro atoms. The van der Waals surface area contributed by atoms with Crippen LogP contribution in [0.15, 0.2) is 84.9 Å². The van der Waals surface area contributed by atoms with Crippen LogP contribution in [0.1, 0.15) is 48.1 Å². The minimum atomic E-state index is -0.193. The highest BCUT2D eigenvalue weighted by molar-refractivity contribution is 6.03. The van der Waals surface area contributed by atoms with E-state index < -0.39 is 0 Å². The van der Waals surface area contributed by atoms with Gasteiger partial charge in [0.2, 0.25) is 11.8 Å². The minimum absolute atomic E-state index is 0.0109. The number of aliphatic hydroxyl groups excluding tert-OH is 1. The third kappa shape index (κ3) is 5.68. The number of ether oxygens (including phenoxy) is 1. The summed E-state index contributed by atoms with van der Waals surface area (Å²) in [7, 11) is 1.69. The van der Waals surface area contributed by atoms with Crippen LogP contribution in [-0.4, -0.2) is 41.6 Å². The lowest BCUT2D eigenvalue weighted by molar-refractivity contribution is -0.134. The molecule has 2 aliphatic rings. The maximum absolute atomic E-state index is 13.1. The summed E-state index contributed by atoms with van der Waals surface area (Å²) in [4.78, 5) is 29.4. The molecule has 3 atom stereocenters. The van der Waals surface area contributed by atoms with Crippen molar-refractivity contribution in [3.05, 3.63) is 107 Å². The Kier molecular flexibility index (Phi) is 8.24. The summed E-state index contributed by atoms with van der Waals surface area (Å²) in [5.74, 6) is 0.143. The molecule has 2 aliphatic heterocycles. The number of carbonyl (C=O) groups excluding carboxylic acids is 2. The Balaban J connectivity index is 1.24. The van der Waals surface area contributed by atoms with Crippen molar-refractivity contribution in [2.75, 3.05) is 18.6 Å². The van der Waals surface area contributed by atoms with Crippen molar-refractivity contribution in [2.45, 2.75) is 51.3 Å². The molecular formula is C33H36N2O4. The number of methoxy groups -OCH3 is 1. The Hall–Kier alpha value is -3.74. The summed E-state index contributed by atoms with van der Waals surface area (Å²) in [5.41, 5.74) is 6.34. The Morgan fingerprint density at radius 2 is 1.69 bits per heavy atom. The van der Waals surface area contributed by atoms with E-state index in [1.54, 1.807) is 16.9 Å². The van der Waals surface area contributed by atoms with Gasteiger partial charge in [-0.2, -0.15) is 0 Å². The van der Waals surface area contributed by atoms with Crippen LogP contribution in [0.3, 0.4) is 0 Å². The molecule has 3 aromatic rings. The van der Waals surface area contributed by atoms with Crippen molar-refractivity contribution in [3.63, 3.8) is 0 Å². The van der Waals surface area contributed by atoms with Crippen LogP contribution in [-0.2, 0) is 33.7 Å². The molecule has 202 valence electrons. The third-order valence-corrected chi connectivity index (χ3v) is 7.92. The summed E-state index contributed by atoms with van der Waals surface area (Å²) < 4.78 is 5.85. The zero-order valence-corrected chi connectivity index (χ0v) is 22.6. The van der Waals surface area contributed by atoms with Crippen molar-refractivity contribution < 1.29 is 19.4 Å². The van der Waals surface area contributed by atoms with Crippen LogP contribution < -0.4 is 4.90 Å². The van der Waals surface area contributed by atoms with E-state index in [1.165, 1.54) is 11.1 Å². The second-order valence-electron chi connectivity index (χ2n) is 10.4. The number of rotatable bonds is 8. The van der Waals surface area contributed by atoms with E-state index in [0.29, 0.717) is 19.4 Å². The first-order chi connectivity index (χ1) is 19.0. The summed E-state index contributed by atoms with van der Waals surface area (Å²) in [6.07, 6.45) is 5.96. The van der Waals surface area contributed by atoms with Gasteiger partial charge in [-0.1, -0.05) is 73.7 Å². The van der Waals surface area contributed by atoms with Crippen LogP contribution in [0.4, 0.5) is 11.4 Å². The van der Waals surface area contributed by atoms with E-state index >= 15 is 0 Å². The molecule has 0 bridgehead atoms. The SMILES string of the molecule is CO[C@@H](c1ccc(N2C(=O)CCc3ccccc32)cc1)[C@@H](C)/C=C/CC(=O)N1Cc2ccccc2C[C@H]1CO. The molecule has 6 nitrogen and oxygen atoms in total. The fourth-order valence-electron chi connectivity index (χ4n) is 5.82. The number of aliphatic hydroxyl groups is 1. The van der Waals surface area contributed by atoms with E-state index in [9.17, 15) is 14.7 Å². The maximum atomic E-state index is 13.1. The largest absolute Gasteiger partial charge is 0.394 e. The fraction of sp³-hybridized carbons (Fsp3) is 0.333. The summed E-state index contributed by atoms with van der Waals surface area (Å²) in [6.45, 7) is 2.55. The molecule has 0 radical (unpaired) electrons. The fourth-order valence-corrected chi connectivity index (χ4v) is 5.82. The Morgan fingerprint density at radius 3 is 2.41 bits per heavy atom. The maximum Gasteiger partial charge on any atom is 0.231 e. The summed E-state index contributed by atoms with van der Waals surface area (Å²) >= 11 is 0. The molecule has 1 N–H and O–H groups in total. The number of nitrogens with zero attached hydrogens (tertiary/aromatic N) is 2. The van der Waals surface area contributed by atoms with Crippen LogP contribution in [0.2, 0.25) is 0 Å². The van der Waals surface area contributed by atoms with E-state index in [2.05, 4.69) is 25.1 Å². The van der Waals surface area contributed by atoms with Gasteiger partial charge in [0.05, 0.1) is 24.4 Å². The number of benzene rings is 3. The van der Waals surface area contributed by atoms with E-state index in [4.69, 9.17) is 4.74 Å². The molecule has 0 aromatic heterocycles. The monoisotopic (exact) mass is 524 g/mol. The minimum Gasteiger partial charge on any atom is -0.394 e. The number of para-hydroxylation sites is 1. The van der Waals surface area contributed by atoms with Gasteiger partial charge in [-0.25, -0.2) is 0 Å². The Labute approximate surface area is 230 Å². The lowest BCUT2D eigenvalue weighted by atomic mass is 9.93. The highest BCUT2D eigenvalue weighted by Crippen LogP contribution is 2.35. The average Bonchev–Trinajstić information content (AvgIpc) is 2.97. The first-order valence-corrected chi connectivity index (χ1v) is 13.7. The molecule has 5 rings (SSSR count). The smallest absolute Gasteiger partial charge is 0.231 e. The number of amides is 2. The van der Waals surface area contributed by atoms with Crippen molar-refractivity contribution in [1.82, 2.24) is 4.90 Å². The second kappa shape index (κ2) is 12.0. The number of hydrogen-bond acceptors (Lipinski definition) is 4. The quantitative estimate of drug-likeness (QED) is 0.395. The van der Waals surface area contributed by atoms with Gasteiger partial charge < -0.3 is 14.7 Å². The van der Waals surface area contributed by atoms with Crippen molar-refractivity contribution in [1.29, 1.82) is 0 Å². The van der Waals surface area contributed by atoms with Crippen LogP contribution in [0.25, 0.3) is 0 Å². The number of aryl methyl sites for hydroxylation is 1. The van der Waals surface area contributed by atoms with Gasteiger partial charge in [-0.05, 0) is 53.3 Å². The normalized spacial score (nSPS) is 18.5. The first-order valence-electron chi connectivity index (χ1n) is 13.7. The average molecular weight is 525 g/mol. The predicted molar refractivity (Wildman–Crippen MR) is 153 cm³/mol. The highest BCUT2D eigenvalue weighted by atomic mass is 16.5. The second-order valence-corrected chi connectivity index (χ2v) is 10.4. The molecule has 0 fully saturated rings. The number of carbonyl (C=O) groups is 2. The van der Waals surface area contributed by atoms with Gasteiger partial charge in [-0.3, -0.25) is 14.5 Å². The number of anilines is 2. The van der Waals surface area contributed by atoms with E-state index in [-0.39, 0.29) is 42.9 Å². The molecule has 0 saturated heterocycles. The lowest BCUT2D eigenvalue weighted by Gasteiger charge is -2.36. The highest BCUT2D eigenvalue weighted by Gasteiger charge is 2.29. The topological polar surface area (TPSA) is 70.1 Å². The first kappa shape index (κ1) is 26.9. The zero-order chi connectivity index (χ0) is 27.4. The molecule has 2 amide bonds. The van der Waals surface area contributed by atoms with Gasteiger partial charge in [0.1, 0.15) is 0 Å². The predicted octanol–water partition coefficient (Wildman–Crippen LogP) is 5.51. The molecule has 39 heavy (non-hydrogen) atoms. The van der Waals surface area contributed by atoms with Crippen LogP contribution in [0, 0.1) is 5.92 Å². The summed E-state index contributed by atoms with van der Waals surface area (Å²) in [5, 5.41) is 9.90.